The van der Waals surface area contributed by atoms with Crippen LogP contribution in [-0.2, 0) is 6.54 Å². The van der Waals surface area contributed by atoms with Gasteiger partial charge in [0, 0.05) is 23.4 Å². The smallest absolute Gasteiger partial charge is 0.157 e. The van der Waals surface area contributed by atoms with Crippen LogP contribution in [0.1, 0.15) is 17.1 Å². The average molecular weight is 372 g/mol. The van der Waals surface area contributed by atoms with Crippen LogP contribution in [0.25, 0.3) is 16.5 Å². The van der Waals surface area contributed by atoms with Crippen LogP contribution in [-0.4, -0.2) is 40.0 Å². The van der Waals surface area contributed by atoms with Crippen molar-refractivity contribution >= 4 is 45.2 Å². The van der Waals surface area contributed by atoms with Gasteiger partial charge in [-0.15, -0.1) is 11.3 Å². The van der Waals surface area contributed by atoms with E-state index in [2.05, 4.69) is 45.8 Å². The molecule has 1 N–H and O–H groups in total. The number of halogens is 1. The molecule has 0 radical (unpaired) electrons. The minimum Gasteiger partial charge on any atom is -0.365 e. The third-order valence-electron chi connectivity index (χ3n) is 4.26. The Kier molecular flexibility index (Phi) is 4.65. The molecular formula is C18H18ClN5S. The Labute approximate surface area is 155 Å². The van der Waals surface area contributed by atoms with E-state index in [-0.39, 0.29) is 0 Å². The molecule has 0 fully saturated rings. The van der Waals surface area contributed by atoms with Crippen LogP contribution >= 0.6 is 22.9 Å². The van der Waals surface area contributed by atoms with Crippen LogP contribution in [0.4, 0.5) is 5.82 Å². The zero-order valence-electron chi connectivity index (χ0n) is 13.9. The van der Waals surface area contributed by atoms with Crippen molar-refractivity contribution in [2.75, 3.05) is 25.5 Å². The Bertz CT molecular complexity index is 923. The molecule has 1 aliphatic rings. The molecule has 0 aliphatic carbocycles. The molecule has 128 valence electrons. The molecule has 0 amide bonds. The topological polar surface area (TPSA) is 53.9 Å². The van der Waals surface area contributed by atoms with Crippen LogP contribution in [0.5, 0.6) is 0 Å². The van der Waals surface area contributed by atoms with Crippen LogP contribution in [0.2, 0.25) is 5.15 Å². The zero-order valence-corrected chi connectivity index (χ0v) is 15.4. The standard InChI is InChI=1S/C18H18ClN5S/c1-24-6-4-12(5-7-24)17-22-15-11-20-16(19)9-14(15)18(23-17)21-10-13-3-2-8-25-13/h2-4,8-9,11H,5-7,10H2,1H3,(H,21,22,23). The van der Waals surface area contributed by atoms with E-state index in [1.807, 2.05) is 6.07 Å². The van der Waals surface area contributed by atoms with E-state index in [4.69, 9.17) is 21.6 Å². The Morgan fingerprint density at radius 3 is 3.04 bits per heavy atom. The molecule has 7 heteroatoms. The highest BCUT2D eigenvalue weighted by atomic mass is 35.5. The number of likely N-dealkylation sites (N-methyl/N-ethyl adjacent to an activating group) is 1. The summed E-state index contributed by atoms with van der Waals surface area (Å²) in [6, 6.07) is 5.98. The number of rotatable bonds is 4. The fourth-order valence-electron chi connectivity index (χ4n) is 2.84. The number of hydrogen-bond acceptors (Lipinski definition) is 6. The fourth-order valence-corrected chi connectivity index (χ4v) is 3.65. The van der Waals surface area contributed by atoms with E-state index < -0.39 is 0 Å². The van der Waals surface area contributed by atoms with Gasteiger partial charge in [-0.2, -0.15) is 0 Å². The van der Waals surface area contributed by atoms with Crippen molar-refractivity contribution in [3.63, 3.8) is 0 Å². The van der Waals surface area contributed by atoms with Crippen LogP contribution in [0.15, 0.2) is 35.9 Å². The maximum atomic E-state index is 6.09. The first-order valence-electron chi connectivity index (χ1n) is 8.16. The van der Waals surface area contributed by atoms with Crippen LogP contribution in [0, 0.1) is 0 Å². The zero-order chi connectivity index (χ0) is 17.2. The van der Waals surface area contributed by atoms with Crippen molar-refractivity contribution in [3.05, 3.63) is 51.7 Å². The lowest BCUT2D eigenvalue weighted by Crippen LogP contribution is -2.24. The monoisotopic (exact) mass is 371 g/mol. The van der Waals surface area contributed by atoms with Crippen molar-refractivity contribution in [2.45, 2.75) is 13.0 Å². The first-order valence-corrected chi connectivity index (χ1v) is 9.42. The molecule has 5 nitrogen and oxygen atoms in total. The summed E-state index contributed by atoms with van der Waals surface area (Å²) in [4.78, 5) is 17.2. The van der Waals surface area contributed by atoms with Gasteiger partial charge in [0.2, 0.25) is 0 Å². The minimum absolute atomic E-state index is 0.446. The maximum Gasteiger partial charge on any atom is 0.157 e. The van der Waals surface area contributed by atoms with Gasteiger partial charge in [-0.05, 0) is 36.6 Å². The lowest BCUT2D eigenvalue weighted by Gasteiger charge is -2.21. The molecular weight excluding hydrogens is 354 g/mol. The first-order chi connectivity index (χ1) is 12.2. The van der Waals surface area contributed by atoms with Crippen molar-refractivity contribution in [1.82, 2.24) is 19.9 Å². The maximum absolute atomic E-state index is 6.09. The first kappa shape index (κ1) is 16.4. The number of hydrogen-bond donors (Lipinski definition) is 1. The predicted molar refractivity (Wildman–Crippen MR) is 104 cm³/mol. The average Bonchev–Trinajstić information content (AvgIpc) is 3.14. The summed E-state index contributed by atoms with van der Waals surface area (Å²) in [6.07, 6.45) is 4.87. The van der Waals surface area contributed by atoms with E-state index in [0.717, 1.165) is 48.6 Å². The Morgan fingerprint density at radius 1 is 1.36 bits per heavy atom. The summed E-state index contributed by atoms with van der Waals surface area (Å²) in [6.45, 7) is 2.67. The van der Waals surface area contributed by atoms with E-state index in [9.17, 15) is 0 Å². The van der Waals surface area contributed by atoms with Gasteiger partial charge >= 0.3 is 0 Å². The van der Waals surface area contributed by atoms with Gasteiger partial charge in [0.1, 0.15) is 11.0 Å². The second-order valence-electron chi connectivity index (χ2n) is 6.09. The highest BCUT2D eigenvalue weighted by molar-refractivity contribution is 7.09. The number of nitrogens with one attached hydrogen (secondary N) is 1. The lowest BCUT2D eigenvalue weighted by molar-refractivity contribution is 0.369. The predicted octanol–water partition coefficient (Wildman–Crippen LogP) is 4.07. The van der Waals surface area contributed by atoms with Crippen molar-refractivity contribution in [3.8, 4) is 0 Å². The summed E-state index contributed by atoms with van der Waals surface area (Å²) in [5, 5.41) is 6.86. The second-order valence-corrected chi connectivity index (χ2v) is 7.51. The quantitative estimate of drug-likeness (QED) is 0.700. The molecule has 3 aromatic rings. The molecule has 3 aromatic heterocycles. The third-order valence-corrected chi connectivity index (χ3v) is 5.34. The summed E-state index contributed by atoms with van der Waals surface area (Å²) in [5.41, 5.74) is 2.00. The van der Waals surface area contributed by atoms with Gasteiger partial charge in [0.25, 0.3) is 0 Å². The molecule has 0 aromatic carbocycles. The Hall–Kier alpha value is -2.02. The highest BCUT2D eigenvalue weighted by Crippen LogP contribution is 2.27. The molecule has 0 bridgehead atoms. The lowest BCUT2D eigenvalue weighted by atomic mass is 10.1. The minimum atomic E-state index is 0.446. The molecule has 0 saturated heterocycles. The van der Waals surface area contributed by atoms with Gasteiger partial charge < -0.3 is 10.2 Å². The van der Waals surface area contributed by atoms with Gasteiger partial charge in [-0.1, -0.05) is 23.7 Å². The van der Waals surface area contributed by atoms with Crippen molar-refractivity contribution < 1.29 is 0 Å². The second kappa shape index (κ2) is 7.07. The number of nitrogens with zero attached hydrogens (tertiary/aromatic N) is 4. The molecule has 0 atom stereocenters. The van der Waals surface area contributed by atoms with E-state index in [0.29, 0.717) is 5.15 Å². The molecule has 4 rings (SSSR count). The van der Waals surface area contributed by atoms with Gasteiger partial charge in [0.05, 0.1) is 18.3 Å². The molecule has 0 spiro atoms. The molecule has 1 aliphatic heterocycles. The SMILES string of the molecule is CN1CC=C(c2nc(NCc3cccs3)c3cc(Cl)ncc3n2)CC1. The summed E-state index contributed by atoms with van der Waals surface area (Å²) < 4.78 is 0. The van der Waals surface area contributed by atoms with E-state index >= 15 is 0 Å². The number of thiophene rings is 1. The van der Waals surface area contributed by atoms with Gasteiger partial charge in [-0.25, -0.2) is 15.0 Å². The summed E-state index contributed by atoms with van der Waals surface area (Å²) >= 11 is 7.81. The van der Waals surface area contributed by atoms with E-state index in [1.54, 1.807) is 17.5 Å². The molecule has 25 heavy (non-hydrogen) atoms. The van der Waals surface area contributed by atoms with Gasteiger partial charge in [0.15, 0.2) is 5.82 Å². The number of anilines is 1. The van der Waals surface area contributed by atoms with Crippen LogP contribution < -0.4 is 5.32 Å². The molecule has 0 unspecified atom stereocenters. The number of fused-ring (bicyclic) bond motifs is 1. The Morgan fingerprint density at radius 2 is 2.28 bits per heavy atom. The van der Waals surface area contributed by atoms with Crippen molar-refractivity contribution in [1.29, 1.82) is 0 Å². The summed E-state index contributed by atoms with van der Waals surface area (Å²) in [7, 11) is 2.12. The van der Waals surface area contributed by atoms with E-state index in [1.165, 1.54) is 10.5 Å². The number of pyridine rings is 1. The van der Waals surface area contributed by atoms with Crippen LogP contribution in [0.3, 0.4) is 0 Å². The molecule has 4 heterocycles. The molecule has 0 saturated carbocycles. The fraction of sp³-hybridized carbons (Fsp3) is 0.278. The largest absolute Gasteiger partial charge is 0.365 e. The normalized spacial score (nSPS) is 15.4. The van der Waals surface area contributed by atoms with Gasteiger partial charge in [-0.3, -0.25) is 0 Å². The highest BCUT2D eigenvalue weighted by Gasteiger charge is 2.15. The van der Waals surface area contributed by atoms with Crippen molar-refractivity contribution in [2.24, 2.45) is 0 Å². The Balaban J connectivity index is 1.73. The third kappa shape index (κ3) is 3.66. The number of aromatic nitrogens is 3. The summed E-state index contributed by atoms with van der Waals surface area (Å²) in [5.74, 6) is 1.58.